The Balaban J connectivity index is 0.00000147. The van der Waals surface area contributed by atoms with Crippen LogP contribution in [0.3, 0.4) is 0 Å². The summed E-state index contributed by atoms with van der Waals surface area (Å²) in [5.74, 6) is 0.139. The van der Waals surface area contributed by atoms with E-state index in [9.17, 15) is 4.79 Å². The van der Waals surface area contributed by atoms with Crippen LogP contribution in [0.1, 0.15) is 18.9 Å². The third-order valence-electron chi connectivity index (χ3n) is 4.19. The van der Waals surface area contributed by atoms with Gasteiger partial charge in [0.25, 0.3) is 0 Å². The fraction of sp³-hybridized carbons (Fsp3) is 0.533. The second-order valence-electron chi connectivity index (χ2n) is 5.27. The summed E-state index contributed by atoms with van der Waals surface area (Å²) < 4.78 is 0. The molecular weight excluding hydrogens is 274 g/mol. The van der Waals surface area contributed by atoms with Gasteiger partial charge >= 0.3 is 0 Å². The summed E-state index contributed by atoms with van der Waals surface area (Å²) in [5.41, 5.74) is 3.63. The lowest BCUT2D eigenvalue weighted by atomic mass is 10.00. The van der Waals surface area contributed by atoms with Crippen LogP contribution in [0.25, 0.3) is 0 Å². The number of anilines is 2. The number of benzene rings is 1. The monoisotopic (exact) mass is 295 g/mol. The average Bonchev–Trinajstić information content (AvgIpc) is 2.46. The predicted molar refractivity (Wildman–Crippen MR) is 85.0 cm³/mol. The number of fused-ring (bicyclic) bond motifs is 1. The molecular formula is C15H22ClN3O. The minimum atomic E-state index is 0. The summed E-state index contributed by atoms with van der Waals surface area (Å²) in [6.45, 7) is 7.78. The molecule has 110 valence electrons. The topological polar surface area (TPSA) is 35.6 Å². The zero-order valence-corrected chi connectivity index (χ0v) is 12.7. The highest BCUT2D eigenvalue weighted by Crippen LogP contribution is 2.32. The molecule has 1 amide bonds. The Kier molecular flexibility index (Phi) is 4.89. The third-order valence-corrected chi connectivity index (χ3v) is 4.19. The molecule has 5 heteroatoms. The van der Waals surface area contributed by atoms with Crippen molar-refractivity contribution in [1.82, 2.24) is 4.90 Å². The molecule has 0 spiro atoms. The Morgan fingerprint density at radius 2 is 1.90 bits per heavy atom. The van der Waals surface area contributed by atoms with Gasteiger partial charge in [-0.2, -0.15) is 0 Å². The van der Waals surface area contributed by atoms with E-state index >= 15 is 0 Å². The molecule has 20 heavy (non-hydrogen) atoms. The van der Waals surface area contributed by atoms with Crippen molar-refractivity contribution in [2.45, 2.75) is 19.8 Å². The number of hydrogen-bond donors (Lipinski definition) is 1. The number of carbonyl (C=O) groups excluding carboxylic acids is 1. The number of carbonyl (C=O) groups is 1. The quantitative estimate of drug-likeness (QED) is 0.908. The van der Waals surface area contributed by atoms with E-state index in [1.165, 1.54) is 11.3 Å². The standard InChI is InChI=1S/C15H21N3O.ClH/c1-2-17-8-10-18(11-9-17)14-5-3-4-13-12(14)6-7-15(19)16-13;/h3-5H,2,6-11H2,1H3,(H,16,19);1H. The molecule has 1 aromatic carbocycles. The van der Waals surface area contributed by atoms with E-state index in [0.29, 0.717) is 6.42 Å². The maximum atomic E-state index is 11.5. The molecule has 1 fully saturated rings. The van der Waals surface area contributed by atoms with Crippen LogP contribution in [-0.4, -0.2) is 43.5 Å². The summed E-state index contributed by atoms with van der Waals surface area (Å²) in [5, 5.41) is 2.98. The molecule has 0 saturated carbocycles. The van der Waals surface area contributed by atoms with Crippen molar-refractivity contribution in [3.05, 3.63) is 23.8 Å². The first-order valence-corrected chi connectivity index (χ1v) is 7.17. The second kappa shape index (κ2) is 6.46. The molecule has 0 atom stereocenters. The van der Waals surface area contributed by atoms with E-state index in [1.807, 2.05) is 12.1 Å². The van der Waals surface area contributed by atoms with Crippen molar-refractivity contribution in [3.63, 3.8) is 0 Å². The fourth-order valence-electron chi connectivity index (χ4n) is 3.01. The number of piperazine rings is 1. The molecule has 0 radical (unpaired) electrons. The summed E-state index contributed by atoms with van der Waals surface area (Å²) >= 11 is 0. The Morgan fingerprint density at radius 3 is 2.60 bits per heavy atom. The van der Waals surface area contributed by atoms with Gasteiger partial charge in [0.1, 0.15) is 0 Å². The Morgan fingerprint density at radius 1 is 1.15 bits per heavy atom. The molecule has 2 aliphatic heterocycles. The van der Waals surface area contributed by atoms with E-state index < -0.39 is 0 Å². The zero-order valence-electron chi connectivity index (χ0n) is 11.9. The molecule has 3 rings (SSSR count). The van der Waals surface area contributed by atoms with Gasteiger partial charge in [-0.05, 0) is 30.7 Å². The van der Waals surface area contributed by atoms with Crippen LogP contribution in [0, 0.1) is 0 Å². The molecule has 1 saturated heterocycles. The largest absolute Gasteiger partial charge is 0.369 e. The first-order valence-electron chi connectivity index (χ1n) is 7.17. The molecule has 0 bridgehead atoms. The van der Waals surface area contributed by atoms with Gasteiger partial charge in [0.2, 0.25) is 5.91 Å². The Labute approximate surface area is 126 Å². The van der Waals surface area contributed by atoms with Gasteiger partial charge in [0.15, 0.2) is 0 Å². The first kappa shape index (κ1) is 15.1. The number of nitrogens with zero attached hydrogens (tertiary/aromatic N) is 2. The van der Waals surface area contributed by atoms with Crippen molar-refractivity contribution in [2.75, 3.05) is 42.9 Å². The first-order chi connectivity index (χ1) is 9.28. The summed E-state index contributed by atoms with van der Waals surface area (Å²) in [6.07, 6.45) is 1.48. The molecule has 0 unspecified atom stereocenters. The van der Waals surface area contributed by atoms with Crippen LogP contribution in [0.4, 0.5) is 11.4 Å². The van der Waals surface area contributed by atoms with Crippen LogP contribution in [0.2, 0.25) is 0 Å². The highest BCUT2D eigenvalue weighted by atomic mass is 35.5. The minimum Gasteiger partial charge on any atom is -0.369 e. The minimum absolute atomic E-state index is 0. The van der Waals surface area contributed by atoms with Gasteiger partial charge in [-0.3, -0.25) is 4.79 Å². The Bertz CT molecular complexity index is 484. The lowest BCUT2D eigenvalue weighted by Crippen LogP contribution is -2.46. The van der Waals surface area contributed by atoms with Crippen molar-refractivity contribution in [2.24, 2.45) is 0 Å². The highest BCUT2D eigenvalue weighted by molar-refractivity contribution is 5.95. The zero-order chi connectivity index (χ0) is 13.2. The molecule has 4 nitrogen and oxygen atoms in total. The van der Waals surface area contributed by atoms with Crippen LogP contribution >= 0.6 is 12.4 Å². The van der Waals surface area contributed by atoms with Gasteiger partial charge in [-0.15, -0.1) is 12.4 Å². The van der Waals surface area contributed by atoms with Gasteiger partial charge < -0.3 is 15.1 Å². The van der Waals surface area contributed by atoms with Crippen LogP contribution in [0.15, 0.2) is 18.2 Å². The smallest absolute Gasteiger partial charge is 0.224 e. The summed E-state index contributed by atoms with van der Waals surface area (Å²) in [4.78, 5) is 16.4. The van der Waals surface area contributed by atoms with Gasteiger partial charge in [-0.25, -0.2) is 0 Å². The average molecular weight is 296 g/mol. The number of hydrogen-bond acceptors (Lipinski definition) is 3. The number of likely N-dealkylation sites (N-methyl/N-ethyl adjacent to an activating group) is 1. The predicted octanol–water partition coefficient (Wildman–Crippen LogP) is 2.14. The molecule has 2 heterocycles. The van der Waals surface area contributed by atoms with E-state index in [0.717, 1.165) is 44.8 Å². The van der Waals surface area contributed by atoms with Gasteiger partial charge in [-0.1, -0.05) is 13.0 Å². The van der Waals surface area contributed by atoms with Crippen molar-refractivity contribution in [1.29, 1.82) is 0 Å². The number of halogens is 1. The van der Waals surface area contributed by atoms with E-state index in [-0.39, 0.29) is 18.3 Å². The van der Waals surface area contributed by atoms with E-state index in [4.69, 9.17) is 0 Å². The van der Waals surface area contributed by atoms with Crippen LogP contribution < -0.4 is 10.2 Å². The maximum Gasteiger partial charge on any atom is 0.224 e. The van der Waals surface area contributed by atoms with Crippen LogP contribution in [-0.2, 0) is 11.2 Å². The van der Waals surface area contributed by atoms with Crippen molar-refractivity contribution < 1.29 is 4.79 Å². The molecule has 1 N–H and O–H groups in total. The number of amides is 1. The van der Waals surface area contributed by atoms with Gasteiger partial charge in [0, 0.05) is 44.0 Å². The lowest BCUT2D eigenvalue weighted by Gasteiger charge is -2.37. The fourth-order valence-corrected chi connectivity index (χ4v) is 3.01. The lowest BCUT2D eigenvalue weighted by molar-refractivity contribution is -0.116. The molecule has 1 aromatic rings. The number of rotatable bonds is 2. The maximum absolute atomic E-state index is 11.5. The van der Waals surface area contributed by atoms with Crippen molar-refractivity contribution >= 4 is 29.7 Å². The second-order valence-corrected chi connectivity index (χ2v) is 5.27. The summed E-state index contributed by atoms with van der Waals surface area (Å²) in [7, 11) is 0. The number of nitrogens with one attached hydrogen (secondary N) is 1. The SMILES string of the molecule is CCN1CCN(c2cccc3c2CCC(=O)N3)CC1.Cl. The highest BCUT2D eigenvalue weighted by Gasteiger charge is 2.22. The van der Waals surface area contributed by atoms with Crippen LogP contribution in [0.5, 0.6) is 0 Å². The van der Waals surface area contributed by atoms with Crippen molar-refractivity contribution in [3.8, 4) is 0 Å². The van der Waals surface area contributed by atoms with E-state index in [1.54, 1.807) is 0 Å². The normalized spacial score (nSPS) is 19.1. The van der Waals surface area contributed by atoms with Gasteiger partial charge in [0.05, 0.1) is 0 Å². The molecule has 0 aromatic heterocycles. The molecule has 0 aliphatic carbocycles. The molecule has 2 aliphatic rings. The third kappa shape index (κ3) is 2.91. The summed E-state index contributed by atoms with van der Waals surface area (Å²) in [6, 6.07) is 6.25. The van der Waals surface area contributed by atoms with E-state index in [2.05, 4.69) is 28.1 Å². The Hall–Kier alpha value is -1.26.